The molecule has 2 aromatic rings. The molecule has 6 unspecified atom stereocenters. The van der Waals surface area contributed by atoms with Gasteiger partial charge < -0.3 is 4.57 Å². The molecule has 0 N–H and O–H groups in total. The molecule has 0 radical (unpaired) electrons. The Morgan fingerprint density at radius 2 is 1.88 bits per heavy atom. The van der Waals surface area contributed by atoms with Crippen LogP contribution in [-0.4, -0.2) is 4.57 Å². The molecule has 1 heterocycles. The fourth-order valence-electron chi connectivity index (χ4n) is 7.61. The van der Waals surface area contributed by atoms with Crippen LogP contribution >= 0.6 is 0 Å². The molecule has 2 fully saturated rings. The van der Waals surface area contributed by atoms with E-state index in [0.29, 0.717) is 5.41 Å². The third-order valence-electron chi connectivity index (χ3n) is 9.02. The van der Waals surface area contributed by atoms with Gasteiger partial charge in [0.15, 0.2) is 0 Å². The Bertz CT molecular complexity index is 830. The lowest BCUT2D eigenvalue weighted by Crippen LogP contribution is -2.45. The number of aromatic nitrogens is 1. The second-order valence-corrected chi connectivity index (χ2v) is 10.0. The molecule has 0 spiro atoms. The summed E-state index contributed by atoms with van der Waals surface area (Å²) < 4.78 is 2.28. The molecule has 134 valence electrons. The highest BCUT2D eigenvalue weighted by molar-refractivity contribution is 5.85. The summed E-state index contributed by atoms with van der Waals surface area (Å²) in [6, 6.07) is 7.23. The molecule has 2 saturated carbocycles. The standard InChI is InChI=1S/C24H33N/c1-14-12-21-20-7-6-17-18-10-11-25(5)22(18)9-8-19(17)23(20)15(2)13-24(21,4)16(14)3/h8-11,14-16,20-21,23H,6-7,12-13H2,1-5H3/t14?,15?,16?,20?,21?,23?,24-/m1/s1. The number of rotatable bonds is 0. The molecular weight excluding hydrogens is 302 g/mol. The van der Waals surface area contributed by atoms with Gasteiger partial charge in [0.2, 0.25) is 0 Å². The van der Waals surface area contributed by atoms with E-state index in [-0.39, 0.29) is 0 Å². The number of hydrogen-bond donors (Lipinski definition) is 0. The van der Waals surface area contributed by atoms with Crippen LogP contribution in [0, 0.1) is 35.0 Å². The van der Waals surface area contributed by atoms with Gasteiger partial charge in [-0.2, -0.15) is 0 Å². The van der Waals surface area contributed by atoms with Crippen molar-refractivity contribution in [1.82, 2.24) is 4.57 Å². The fourth-order valence-corrected chi connectivity index (χ4v) is 7.61. The van der Waals surface area contributed by atoms with Crippen molar-refractivity contribution in [2.24, 2.45) is 42.1 Å². The highest BCUT2D eigenvalue weighted by Crippen LogP contribution is 2.65. The van der Waals surface area contributed by atoms with E-state index in [1.807, 2.05) is 0 Å². The summed E-state index contributed by atoms with van der Waals surface area (Å²) >= 11 is 0. The predicted molar refractivity (Wildman–Crippen MR) is 106 cm³/mol. The summed E-state index contributed by atoms with van der Waals surface area (Å²) in [5.41, 5.74) is 5.37. The van der Waals surface area contributed by atoms with E-state index in [1.54, 1.807) is 11.1 Å². The average Bonchev–Trinajstić information content (AvgIpc) is 3.07. The Labute approximate surface area is 152 Å². The average molecular weight is 336 g/mol. The van der Waals surface area contributed by atoms with Gasteiger partial charge in [0.05, 0.1) is 0 Å². The van der Waals surface area contributed by atoms with Gasteiger partial charge in [-0.15, -0.1) is 0 Å². The first-order valence-electron chi connectivity index (χ1n) is 10.5. The van der Waals surface area contributed by atoms with Gasteiger partial charge in [-0.3, -0.25) is 0 Å². The van der Waals surface area contributed by atoms with E-state index in [9.17, 15) is 0 Å². The van der Waals surface area contributed by atoms with Crippen molar-refractivity contribution in [3.63, 3.8) is 0 Å². The van der Waals surface area contributed by atoms with Crippen LogP contribution < -0.4 is 0 Å². The normalized spacial score (nSPS) is 42.9. The van der Waals surface area contributed by atoms with E-state index in [0.717, 1.165) is 35.5 Å². The largest absolute Gasteiger partial charge is 0.351 e. The molecule has 0 aliphatic heterocycles. The highest BCUT2D eigenvalue weighted by atomic mass is 14.9. The lowest BCUT2D eigenvalue weighted by atomic mass is 9.51. The van der Waals surface area contributed by atoms with Gasteiger partial charge in [0.25, 0.3) is 0 Å². The minimum atomic E-state index is 0.578. The number of hydrogen-bond acceptors (Lipinski definition) is 0. The van der Waals surface area contributed by atoms with E-state index < -0.39 is 0 Å². The van der Waals surface area contributed by atoms with Gasteiger partial charge in [-0.05, 0) is 89.9 Å². The van der Waals surface area contributed by atoms with E-state index in [4.69, 9.17) is 0 Å². The van der Waals surface area contributed by atoms with Gasteiger partial charge in [-0.1, -0.05) is 33.8 Å². The zero-order valence-corrected chi connectivity index (χ0v) is 16.5. The second-order valence-electron chi connectivity index (χ2n) is 10.0. The molecule has 0 bridgehead atoms. The van der Waals surface area contributed by atoms with Crippen molar-refractivity contribution in [1.29, 1.82) is 0 Å². The summed E-state index contributed by atoms with van der Waals surface area (Å²) in [4.78, 5) is 0. The molecule has 1 aromatic heterocycles. The number of nitrogens with zero attached hydrogens (tertiary/aromatic N) is 1. The maximum absolute atomic E-state index is 2.63. The number of fused-ring (bicyclic) bond motifs is 7. The second kappa shape index (κ2) is 5.15. The quantitative estimate of drug-likeness (QED) is 0.543. The summed E-state index contributed by atoms with van der Waals surface area (Å²) in [6.07, 6.45) is 7.83. The molecule has 25 heavy (non-hydrogen) atoms. The number of benzene rings is 1. The summed E-state index contributed by atoms with van der Waals surface area (Å²) in [7, 11) is 2.18. The van der Waals surface area contributed by atoms with Gasteiger partial charge >= 0.3 is 0 Å². The van der Waals surface area contributed by atoms with Crippen molar-refractivity contribution in [2.75, 3.05) is 0 Å². The van der Waals surface area contributed by atoms with Crippen LogP contribution in [0.1, 0.15) is 64.0 Å². The predicted octanol–water partition coefficient (Wildman–Crippen LogP) is 6.16. The van der Waals surface area contributed by atoms with Gasteiger partial charge in [-0.25, -0.2) is 0 Å². The van der Waals surface area contributed by atoms with Crippen LogP contribution in [-0.2, 0) is 13.5 Å². The molecule has 3 aliphatic rings. The molecular formula is C24H33N. The maximum Gasteiger partial charge on any atom is 0.0480 e. The summed E-state index contributed by atoms with van der Waals surface area (Å²) in [6.45, 7) is 10.2. The Balaban J connectivity index is 1.62. The van der Waals surface area contributed by atoms with Crippen LogP contribution in [0.25, 0.3) is 10.9 Å². The topological polar surface area (TPSA) is 4.93 Å². The Morgan fingerprint density at radius 3 is 2.68 bits per heavy atom. The van der Waals surface area contributed by atoms with Crippen molar-refractivity contribution < 1.29 is 0 Å². The lowest BCUT2D eigenvalue weighted by molar-refractivity contribution is -0.000117. The monoisotopic (exact) mass is 335 g/mol. The first kappa shape index (κ1) is 16.0. The minimum Gasteiger partial charge on any atom is -0.351 e. The van der Waals surface area contributed by atoms with Crippen molar-refractivity contribution in [3.8, 4) is 0 Å². The molecule has 3 aliphatic carbocycles. The van der Waals surface area contributed by atoms with Crippen molar-refractivity contribution in [2.45, 2.75) is 59.3 Å². The molecule has 1 aromatic carbocycles. The van der Waals surface area contributed by atoms with E-state index in [1.165, 1.54) is 36.6 Å². The zero-order valence-electron chi connectivity index (χ0n) is 16.5. The lowest BCUT2D eigenvalue weighted by Gasteiger charge is -2.53. The smallest absolute Gasteiger partial charge is 0.0480 e. The van der Waals surface area contributed by atoms with Gasteiger partial charge in [0, 0.05) is 24.1 Å². The Morgan fingerprint density at radius 1 is 1.08 bits per heavy atom. The van der Waals surface area contributed by atoms with Crippen LogP contribution in [0.15, 0.2) is 24.4 Å². The molecule has 0 saturated heterocycles. The number of aryl methyl sites for hydroxylation is 2. The van der Waals surface area contributed by atoms with E-state index >= 15 is 0 Å². The maximum atomic E-state index is 2.63. The molecule has 5 rings (SSSR count). The Kier molecular flexibility index (Phi) is 3.29. The first-order chi connectivity index (χ1) is 11.9. The summed E-state index contributed by atoms with van der Waals surface area (Å²) in [5, 5.41) is 1.52. The van der Waals surface area contributed by atoms with Crippen LogP contribution in [0.2, 0.25) is 0 Å². The first-order valence-corrected chi connectivity index (χ1v) is 10.5. The molecule has 1 nitrogen and oxygen atoms in total. The van der Waals surface area contributed by atoms with E-state index in [2.05, 4.69) is 63.7 Å². The van der Waals surface area contributed by atoms with Crippen LogP contribution in [0.3, 0.4) is 0 Å². The molecule has 1 heteroatoms. The highest BCUT2D eigenvalue weighted by Gasteiger charge is 2.57. The van der Waals surface area contributed by atoms with Crippen LogP contribution in [0.4, 0.5) is 0 Å². The molecule has 0 amide bonds. The van der Waals surface area contributed by atoms with Gasteiger partial charge in [0.1, 0.15) is 0 Å². The van der Waals surface area contributed by atoms with Crippen molar-refractivity contribution >= 4 is 10.9 Å². The SMILES string of the molecule is CC1C[C@]2(C)C(C)C(C)CC2C2CCc3c(ccc4c3ccn4C)C12. The third-order valence-corrected chi connectivity index (χ3v) is 9.02. The Hall–Kier alpha value is -1.24. The molecule has 7 atom stereocenters. The minimum absolute atomic E-state index is 0.578. The zero-order chi connectivity index (χ0) is 17.5. The van der Waals surface area contributed by atoms with Crippen LogP contribution in [0.5, 0.6) is 0 Å². The third kappa shape index (κ3) is 1.96. The summed E-state index contributed by atoms with van der Waals surface area (Å²) in [5.74, 6) is 5.26. The van der Waals surface area contributed by atoms with Crippen molar-refractivity contribution in [3.05, 3.63) is 35.5 Å². The fraction of sp³-hybridized carbons (Fsp3) is 0.667.